The summed E-state index contributed by atoms with van der Waals surface area (Å²) in [4.78, 5) is 42.8. The van der Waals surface area contributed by atoms with Gasteiger partial charge in [-0.15, -0.1) is 0 Å². The zero-order chi connectivity index (χ0) is 29.3. The number of Topliss-reactive ketones (excluding diaryl/α,β-unsaturated/α-hetero) is 2. The van der Waals surface area contributed by atoms with Crippen molar-refractivity contribution in [3.8, 4) is 5.75 Å². The maximum atomic E-state index is 14.0. The molecule has 7 N–H and O–H groups in total. The Kier molecular flexibility index (Phi) is 6.96. The Morgan fingerprint density at radius 2 is 1.82 bits per heavy atom. The van der Waals surface area contributed by atoms with Crippen LogP contribution in [0.25, 0.3) is 5.76 Å². The van der Waals surface area contributed by atoms with Crippen molar-refractivity contribution >= 4 is 28.9 Å². The number of amides is 1. The fourth-order valence-electron chi connectivity index (χ4n) is 7.17. The molecule has 0 heterocycles. The van der Waals surface area contributed by atoms with E-state index >= 15 is 0 Å². The lowest BCUT2D eigenvalue weighted by molar-refractivity contribution is -0.153. The number of ketones is 2. The molecule has 0 spiro atoms. The highest BCUT2D eigenvalue weighted by Crippen LogP contribution is 2.54. The van der Waals surface area contributed by atoms with Crippen LogP contribution in [0.1, 0.15) is 42.4 Å². The van der Waals surface area contributed by atoms with Crippen LogP contribution in [0, 0.1) is 17.8 Å². The van der Waals surface area contributed by atoms with Crippen LogP contribution < -0.4 is 16.0 Å². The van der Waals surface area contributed by atoms with Gasteiger partial charge in [-0.1, -0.05) is 6.42 Å². The average Bonchev–Trinajstić information content (AvgIpc) is 2.82. The highest BCUT2D eigenvalue weighted by Gasteiger charge is 2.64. The lowest BCUT2D eigenvalue weighted by Crippen LogP contribution is -2.65. The molecule has 2 saturated carbocycles. The molecule has 4 aliphatic rings. The molecule has 0 radical (unpaired) electrons. The minimum atomic E-state index is -2.64. The van der Waals surface area contributed by atoms with Crippen LogP contribution in [0.4, 0.5) is 5.69 Å². The molecule has 11 nitrogen and oxygen atoms in total. The van der Waals surface area contributed by atoms with Crippen LogP contribution in [0.3, 0.4) is 0 Å². The second-order valence-corrected chi connectivity index (χ2v) is 12.0. The predicted molar refractivity (Wildman–Crippen MR) is 148 cm³/mol. The zero-order valence-corrected chi connectivity index (χ0v) is 23.3. The van der Waals surface area contributed by atoms with Crippen LogP contribution >= 0.6 is 0 Å². The highest BCUT2D eigenvalue weighted by molar-refractivity contribution is 6.24. The number of likely N-dealkylation sites (N-methyl/N-ethyl adjacent to an activating group) is 1. The number of benzene rings is 1. The van der Waals surface area contributed by atoms with E-state index in [0.29, 0.717) is 18.0 Å². The van der Waals surface area contributed by atoms with Gasteiger partial charge in [-0.2, -0.15) is 0 Å². The Hall–Kier alpha value is -3.41. The molecule has 11 heteroatoms. The molecular weight excluding hydrogens is 516 g/mol. The van der Waals surface area contributed by atoms with Crippen LogP contribution in [0.5, 0.6) is 5.75 Å². The molecule has 1 amide bonds. The van der Waals surface area contributed by atoms with Crippen molar-refractivity contribution in [2.45, 2.75) is 50.3 Å². The molecule has 4 atom stereocenters. The predicted octanol–water partition coefficient (Wildman–Crippen LogP) is 0.920. The summed E-state index contributed by atoms with van der Waals surface area (Å²) in [6, 6.07) is 0.467. The molecule has 0 bridgehead atoms. The van der Waals surface area contributed by atoms with E-state index in [2.05, 4.69) is 5.32 Å². The van der Waals surface area contributed by atoms with E-state index in [9.17, 15) is 34.8 Å². The van der Waals surface area contributed by atoms with Crippen molar-refractivity contribution < 1.29 is 34.8 Å². The van der Waals surface area contributed by atoms with Gasteiger partial charge in [-0.05, 0) is 75.4 Å². The van der Waals surface area contributed by atoms with Crippen molar-refractivity contribution in [1.82, 2.24) is 10.2 Å². The Labute approximate surface area is 232 Å². The van der Waals surface area contributed by atoms with E-state index in [-0.39, 0.29) is 29.7 Å². The summed E-state index contributed by atoms with van der Waals surface area (Å²) in [7, 11) is 6.91. The standard InChI is InChI=1S/C29H38N4O7/c1-32(2)22-15(12-31-11-13-6-5-7-13)10-18(34)20-16(22)8-14-9-17-23(33(3)4)25(36)21(28(30)39)27(38)29(17,40)26(37)19(14)24(20)35/h10,13-14,17,23,31,34-35,38,40H,5-9,11-12H2,1-4H3,(H2,30,39)/t14-,17-,23-,29-/m0/s1. The van der Waals surface area contributed by atoms with Crippen LogP contribution in [-0.2, 0) is 27.3 Å². The number of primary amides is 1. The Morgan fingerprint density at radius 3 is 2.38 bits per heavy atom. The molecule has 0 unspecified atom stereocenters. The molecule has 0 saturated heterocycles. The number of fused-ring (bicyclic) bond motifs is 3. The van der Waals surface area contributed by atoms with Gasteiger partial charge in [0, 0.05) is 37.8 Å². The largest absolute Gasteiger partial charge is 0.508 e. The van der Waals surface area contributed by atoms with E-state index in [1.165, 1.54) is 24.2 Å². The van der Waals surface area contributed by atoms with Crippen LogP contribution in [-0.4, -0.2) is 89.2 Å². The van der Waals surface area contributed by atoms with Crippen molar-refractivity contribution in [2.24, 2.45) is 23.5 Å². The lowest BCUT2D eigenvalue weighted by atomic mass is 9.57. The third-order valence-corrected chi connectivity index (χ3v) is 9.19. The topological polar surface area (TPSA) is 177 Å². The van der Waals surface area contributed by atoms with E-state index < -0.39 is 58.0 Å². The number of anilines is 1. The monoisotopic (exact) mass is 554 g/mol. The number of carbonyl (C=O) groups is 3. The molecule has 0 aliphatic heterocycles. The number of hydrogen-bond acceptors (Lipinski definition) is 10. The zero-order valence-electron chi connectivity index (χ0n) is 23.3. The number of aliphatic hydroxyl groups excluding tert-OH is 2. The molecule has 40 heavy (non-hydrogen) atoms. The van der Waals surface area contributed by atoms with Crippen LogP contribution in [0.15, 0.2) is 23.0 Å². The first-order valence-corrected chi connectivity index (χ1v) is 13.7. The fourth-order valence-corrected chi connectivity index (χ4v) is 7.17. The molecule has 0 aromatic heterocycles. The van der Waals surface area contributed by atoms with E-state index in [0.717, 1.165) is 17.8 Å². The van der Waals surface area contributed by atoms with Gasteiger partial charge >= 0.3 is 0 Å². The van der Waals surface area contributed by atoms with Gasteiger partial charge < -0.3 is 36.4 Å². The second-order valence-electron chi connectivity index (χ2n) is 12.0. The average molecular weight is 555 g/mol. The molecule has 216 valence electrons. The smallest absolute Gasteiger partial charge is 0.255 e. The first kappa shape index (κ1) is 28.1. The summed E-state index contributed by atoms with van der Waals surface area (Å²) >= 11 is 0. The minimum Gasteiger partial charge on any atom is -0.508 e. The Morgan fingerprint density at radius 1 is 1.15 bits per heavy atom. The molecule has 4 aliphatic carbocycles. The number of carbonyl (C=O) groups excluding carboxylic acids is 3. The van der Waals surface area contributed by atoms with Gasteiger partial charge in [-0.3, -0.25) is 19.3 Å². The normalized spacial score (nSPS) is 28.3. The SMILES string of the molecule is CN(C)c1c(CNCC2CCC2)cc(O)c2c1C[C@H]1C[C@H]3[C@H](N(C)C)C(=O)C(C(N)=O)=C(O)[C@@]3(O)C(=O)C1=C2O. The number of hydrogen-bond donors (Lipinski definition) is 6. The number of nitrogens with zero attached hydrogens (tertiary/aromatic N) is 2. The minimum absolute atomic E-state index is 0.0591. The van der Waals surface area contributed by atoms with Gasteiger partial charge in [0.25, 0.3) is 5.91 Å². The summed E-state index contributed by atoms with van der Waals surface area (Å²) in [6.07, 6.45) is 3.97. The summed E-state index contributed by atoms with van der Waals surface area (Å²) < 4.78 is 0. The number of nitrogens with one attached hydrogen (secondary N) is 1. The number of phenolic OH excluding ortho intramolecular Hbond substituents is 1. The number of aromatic hydroxyl groups is 1. The third-order valence-electron chi connectivity index (χ3n) is 9.19. The van der Waals surface area contributed by atoms with E-state index in [4.69, 9.17) is 5.73 Å². The van der Waals surface area contributed by atoms with E-state index in [1.54, 1.807) is 20.2 Å². The number of phenols is 1. The summed E-state index contributed by atoms with van der Waals surface area (Å²) in [5, 5.41) is 48.7. The van der Waals surface area contributed by atoms with Crippen molar-refractivity contribution in [3.05, 3.63) is 39.7 Å². The van der Waals surface area contributed by atoms with E-state index in [1.807, 2.05) is 19.0 Å². The maximum Gasteiger partial charge on any atom is 0.255 e. The molecule has 2 fully saturated rings. The maximum absolute atomic E-state index is 14.0. The van der Waals surface area contributed by atoms with Gasteiger partial charge in [0.05, 0.1) is 11.6 Å². The molecular formula is C29H38N4O7. The van der Waals surface area contributed by atoms with Crippen LogP contribution in [0.2, 0.25) is 0 Å². The van der Waals surface area contributed by atoms with Crippen molar-refractivity contribution in [3.63, 3.8) is 0 Å². The van der Waals surface area contributed by atoms with Gasteiger partial charge in [-0.25, -0.2) is 0 Å². The number of aliphatic hydroxyl groups is 3. The number of rotatable bonds is 7. The summed E-state index contributed by atoms with van der Waals surface area (Å²) in [6.45, 7) is 1.39. The van der Waals surface area contributed by atoms with Crippen molar-refractivity contribution in [1.29, 1.82) is 0 Å². The quantitative estimate of drug-likeness (QED) is 0.266. The summed E-state index contributed by atoms with van der Waals surface area (Å²) in [5.74, 6) is -5.86. The van der Waals surface area contributed by atoms with Gasteiger partial charge in [0.15, 0.2) is 11.4 Å². The highest BCUT2D eigenvalue weighted by atomic mass is 16.3. The van der Waals surface area contributed by atoms with Gasteiger partial charge in [0.1, 0.15) is 22.8 Å². The Bertz CT molecular complexity index is 1360. The number of nitrogens with two attached hydrogens (primary N) is 1. The van der Waals surface area contributed by atoms with Gasteiger partial charge in [0.2, 0.25) is 5.78 Å². The van der Waals surface area contributed by atoms with Crippen molar-refractivity contribution in [2.75, 3.05) is 39.6 Å². The third kappa shape index (κ3) is 4.02. The fraction of sp³-hybridized carbons (Fsp3) is 0.552. The lowest BCUT2D eigenvalue weighted by Gasteiger charge is -2.50. The second kappa shape index (κ2) is 9.90. The summed E-state index contributed by atoms with van der Waals surface area (Å²) in [5.41, 5.74) is 4.19. The first-order chi connectivity index (χ1) is 18.8. The Balaban J connectivity index is 1.63. The molecule has 1 aromatic carbocycles. The molecule has 1 aromatic rings. The first-order valence-electron chi connectivity index (χ1n) is 13.7. The molecule has 5 rings (SSSR count).